The first-order valence-electron chi connectivity index (χ1n) is 2.75. The zero-order chi connectivity index (χ0) is 9.49. The molecule has 0 radical (unpaired) electrons. The molecule has 0 unspecified atom stereocenters. The van der Waals surface area contributed by atoms with E-state index in [2.05, 4.69) is 10.0 Å². The SMILES string of the molecule is C.C[N-]C(C)=O.C[N-]S(C)(=O)=O.[Rb+].[Rb+]. The van der Waals surface area contributed by atoms with Crippen molar-refractivity contribution < 1.29 is 130 Å². The average molecular weight is 367 g/mol. The smallest absolute Gasteiger partial charge is 0.656 e. The molecule has 0 saturated carbocycles. The maximum atomic E-state index is 9.83. The normalized spacial score (nSPS) is 7.43. The molecule has 0 fully saturated rings. The predicted octanol–water partition coefficient (Wildman–Crippen LogP) is -4.87. The molecular weight excluding hydrogens is 351 g/mol. The van der Waals surface area contributed by atoms with Crippen LogP contribution in [0.1, 0.15) is 14.4 Å². The number of rotatable bonds is 1. The van der Waals surface area contributed by atoms with Crippen LogP contribution >= 0.6 is 0 Å². The molecule has 0 aromatic carbocycles. The third-order valence-electron chi connectivity index (χ3n) is 0.647. The Balaban J connectivity index is -0.0000000321. The Morgan fingerprint density at radius 3 is 1.29 bits per heavy atom. The van der Waals surface area contributed by atoms with Crippen molar-refractivity contribution in [3.05, 3.63) is 10.0 Å². The zero-order valence-corrected chi connectivity index (χ0v) is 19.7. The fraction of sp³-hybridized carbons (Fsp3) is 0.833. The minimum atomic E-state index is -3.04. The van der Waals surface area contributed by atoms with Gasteiger partial charge in [-0.2, -0.15) is 7.05 Å². The summed E-state index contributed by atoms with van der Waals surface area (Å²) >= 11 is 0. The summed E-state index contributed by atoms with van der Waals surface area (Å²) in [6.07, 6.45) is 1.05. The Kier molecular flexibility index (Phi) is 39.6. The first-order chi connectivity index (χ1) is 4.83. The Labute approximate surface area is 185 Å². The second kappa shape index (κ2) is 18.4. The maximum Gasteiger partial charge on any atom is 1.00 e. The van der Waals surface area contributed by atoms with Gasteiger partial charge in [-0.1, -0.05) is 7.43 Å². The van der Waals surface area contributed by atoms with Crippen molar-refractivity contribution in [2.75, 3.05) is 20.4 Å². The van der Waals surface area contributed by atoms with Crippen molar-refractivity contribution in [2.24, 2.45) is 0 Å². The molecule has 0 heterocycles. The molecule has 0 atom stereocenters. The number of carbonyl (C=O) groups excluding carboxylic acids is 1. The number of hydrogen-bond acceptors (Lipinski definition) is 3. The molecule has 0 spiro atoms. The molecule has 1 amide bonds. The van der Waals surface area contributed by atoms with Crippen molar-refractivity contribution in [1.29, 1.82) is 0 Å². The molecule has 0 saturated heterocycles. The van der Waals surface area contributed by atoms with E-state index in [1.54, 1.807) is 0 Å². The topological polar surface area (TPSA) is 79.4 Å². The third-order valence-corrected chi connectivity index (χ3v) is 1.31. The zero-order valence-electron chi connectivity index (χ0n) is 9.03. The van der Waals surface area contributed by atoms with Gasteiger partial charge >= 0.3 is 116 Å². The fourth-order valence-corrected chi connectivity index (χ4v) is 0. The van der Waals surface area contributed by atoms with Gasteiger partial charge in [-0.05, 0) is 6.92 Å². The Morgan fingerprint density at radius 2 is 1.29 bits per heavy atom. The Hall–Kier alpha value is 2.99. The van der Waals surface area contributed by atoms with Crippen molar-refractivity contribution in [3.63, 3.8) is 0 Å². The summed E-state index contributed by atoms with van der Waals surface area (Å²) < 4.78 is 22.7. The molecule has 0 aromatic heterocycles. The summed E-state index contributed by atoms with van der Waals surface area (Å²) in [7, 11) is -0.317. The van der Waals surface area contributed by atoms with Gasteiger partial charge in [0.15, 0.2) is 0 Å². The van der Waals surface area contributed by atoms with Gasteiger partial charge in [0.05, 0.1) is 10.0 Å². The standard InChI is InChI=1S/C3H7NO.C2H6NO2S.CH4.2Rb/c1-3(5)4-2;1-3-6(2,4)5;;;/h1-2H3,(H,4,5);1-2H3;1H4;;/q;-1;;2*+1/p-1. The summed E-state index contributed by atoms with van der Waals surface area (Å²) in [4.78, 5) is 9.65. The maximum absolute atomic E-state index is 9.83. The summed E-state index contributed by atoms with van der Waals surface area (Å²) in [6, 6.07) is 0. The minimum Gasteiger partial charge on any atom is -0.656 e. The summed E-state index contributed by atoms with van der Waals surface area (Å²) in [5.41, 5.74) is 0. The van der Waals surface area contributed by atoms with Gasteiger partial charge in [-0.15, -0.1) is 7.05 Å². The van der Waals surface area contributed by atoms with Crippen molar-refractivity contribution in [2.45, 2.75) is 14.4 Å². The fourth-order valence-electron chi connectivity index (χ4n) is 0. The van der Waals surface area contributed by atoms with Crippen LogP contribution in [0.2, 0.25) is 0 Å². The van der Waals surface area contributed by atoms with Crippen LogP contribution in [0.5, 0.6) is 0 Å². The van der Waals surface area contributed by atoms with Crippen LogP contribution in [0.15, 0.2) is 0 Å². The van der Waals surface area contributed by atoms with Crippen LogP contribution in [-0.4, -0.2) is 34.7 Å². The molecule has 0 N–H and O–H groups in total. The molecule has 14 heavy (non-hydrogen) atoms. The molecule has 0 aromatic rings. The second-order valence-corrected chi connectivity index (χ2v) is 3.49. The number of sulfonamides is 1. The van der Waals surface area contributed by atoms with E-state index in [1.807, 2.05) is 0 Å². The number of nitrogens with zero attached hydrogens (tertiary/aromatic N) is 2. The summed E-state index contributed by atoms with van der Waals surface area (Å²) in [5.74, 6) is -0.120. The Bertz CT molecular complexity index is 207. The van der Waals surface area contributed by atoms with Crippen LogP contribution in [-0.2, 0) is 14.8 Å². The van der Waals surface area contributed by atoms with Crippen molar-refractivity contribution in [3.8, 4) is 0 Å². The van der Waals surface area contributed by atoms with Gasteiger partial charge in [0.25, 0.3) is 0 Å². The van der Waals surface area contributed by atoms with E-state index in [1.165, 1.54) is 21.0 Å². The molecule has 0 aliphatic carbocycles. The van der Waals surface area contributed by atoms with Gasteiger partial charge in [0, 0.05) is 12.2 Å². The second-order valence-electron chi connectivity index (χ2n) is 1.66. The number of hydrogen-bond donors (Lipinski definition) is 0. The molecule has 0 bridgehead atoms. The molecule has 0 aliphatic heterocycles. The van der Waals surface area contributed by atoms with Gasteiger partial charge < -0.3 is 14.8 Å². The van der Waals surface area contributed by atoms with E-state index in [0.717, 1.165) is 6.26 Å². The van der Waals surface area contributed by atoms with Gasteiger partial charge in [-0.25, -0.2) is 8.42 Å². The van der Waals surface area contributed by atoms with Crippen molar-refractivity contribution in [1.82, 2.24) is 0 Å². The molecule has 76 valence electrons. The van der Waals surface area contributed by atoms with Crippen LogP contribution in [0, 0.1) is 0 Å². The van der Waals surface area contributed by atoms with Crippen LogP contribution in [0.4, 0.5) is 0 Å². The third kappa shape index (κ3) is 46.0. The van der Waals surface area contributed by atoms with E-state index < -0.39 is 10.0 Å². The minimum absolute atomic E-state index is 0. The molecule has 8 heteroatoms. The molecular formula is C6H16N2O3Rb2S. The van der Waals surface area contributed by atoms with E-state index >= 15 is 0 Å². The van der Waals surface area contributed by atoms with Crippen LogP contribution in [0.3, 0.4) is 0 Å². The first-order valence-corrected chi connectivity index (χ1v) is 4.59. The quantitative estimate of drug-likeness (QED) is 0.466. The largest absolute Gasteiger partial charge is 1.00 e. The Morgan fingerprint density at radius 1 is 1.14 bits per heavy atom. The van der Waals surface area contributed by atoms with E-state index in [-0.39, 0.29) is 130 Å². The molecule has 5 nitrogen and oxygen atoms in total. The monoisotopic (exact) mass is 366 g/mol. The molecule has 0 rings (SSSR count). The van der Waals surface area contributed by atoms with Crippen LogP contribution in [0.25, 0.3) is 10.0 Å². The average Bonchev–Trinajstić information content (AvgIpc) is 1.88. The van der Waals surface area contributed by atoms with Gasteiger partial charge in [-0.3, -0.25) is 0 Å². The summed E-state index contributed by atoms with van der Waals surface area (Å²) in [6.45, 7) is 1.42. The van der Waals surface area contributed by atoms with Gasteiger partial charge in [0.2, 0.25) is 0 Å². The first kappa shape index (κ1) is 30.2. The predicted molar refractivity (Wildman–Crippen MR) is 50.8 cm³/mol. The summed E-state index contributed by atoms with van der Waals surface area (Å²) in [5, 5.41) is 3.25. The van der Waals surface area contributed by atoms with Crippen LogP contribution < -0.4 is 116 Å². The number of carbonyl (C=O) groups is 1. The molecule has 0 aliphatic rings. The van der Waals surface area contributed by atoms with E-state index in [0.29, 0.717) is 0 Å². The van der Waals surface area contributed by atoms with Crippen molar-refractivity contribution >= 4 is 15.9 Å². The van der Waals surface area contributed by atoms with E-state index in [9.17, 15) is 13.2 Å². The van der Waals surface area contributed by atoms with E-state index in [4.69, 9.17) is 0 Å². The number of amides is 1. The van der Waals surface area contributed by atoms with Gasteiger partial charge in [0.1, 0.15) is 0 Å².